The monoisotopic (exact) mass is 278 g/mol. The largest absolute Gasteiger partial charge is 0.374 e. The Morgan fingerprint density at radius 1 is 1.30 bits per heavy atom. The zero-order valence-electron chi connectivity index (χ0n) is 12.5. The fraction of sp³-hybridized carbons (Fsp3) is 0.562. The van der Waals surface area contributed by atoms with Crippen molar-refractivity contribution in [3.8, 4) is 0 Å². The van der Waals surface area contributed by atoms with Crippen LogP contribution >= 0.6 is 0 Å². The van der Waals surface area contributed by atoms with E-state index in [-0.39, 0.29) is 12.0 Å². The minimum Gasteiger partial charge on any atom is -0.374 e. The molecule has 1 amide bonds. The van der Waals surface area contributed by atoms with Gasteiger partial charge in [0.2, 0.25) is 0 Å². The minimum absolute atomic E-state index is 0.209. The van der Waals surface area contributed by atoms with Gasteiger partial charge in [0.1, 0.15) is 0 Å². The first-order valence-electron chi connectivity index (χ1n) is 7.39. The van der Waals surface area contributed by atoms with Gasteiger partial charge in [-0.15, -0.1) is 0 Å². The van der Waals surface area contributed by atoms with Crippen molar-refractivity contribution in [2.45, 2.75) is 58.7 Å². The van der Waals surface area contributed by atoms with Crippen molar-refractivity contribution >= 4 is 5.91 Å². The maximum absolute atomic E-state index is 11.6. The van der Waals surface area contributed by atoms with Crippen LogP contribution in [-0.2, 0) is 11.3 Å². The van der Waals surface area contributed by atoms with Crippen molar-refractivity contribution in [2.75, 3.05) is 0 Å². The molecule has 0 radical (unpaired) electrons. The highest BCUT2D eigenvalue weighted by Crippen LogP contribution is 2.13. The van der Waals surface area contributed by atoms with Crippen LogP contribution in [0.3, 0.4) is 0 Å². The maximum atomic E-state index is 11.6. The fourth-order valence-electron chi connectivity index (χ4n) is 2.12. The number of nitrogens with two attached hydrogens (primary N) is 1. The lowest BCUT2D eigenvalue weighted by atomic mass is 10.1. The highest BCUT2D eigenvalue weighted by Gasteiger charge is 2.10. The van der Waals surface area contributed by atoms with Gasteiger partial charge in [0, 0.05) is 5.56 Å². The number of nitrogen functional groups attached to an aromatic ring is 1. The summed E-state index contributed by atoms with van der Waals surface area (Å²) in [6.45, 7) is 4.73. The molecule has 0 saturated heterocycles. The summed E-state index contributed by atoms with van der Waals surface area (Å²) < 4.78 is 5.82. The van der Waals surface area contributed by atoms with Gasteiger partial charge in [-0.3, -0.25) is 10.2 Å². The average molecular weight is 278 g/mol. The number of hydrazine groups is 1. The molecule has 0 fully saturated rings. The molecule has 1 atom stereocenters. The number of rotatable bonds is 9. The molecule has 1 unspecified atom stereocenters. The third-order valence-corrected chi connectivity index (χ3v) is 3.38. The second kappa shape index (κ2) is 9.50. The molecule has 0 aliphatic rings. The Morgan fingerprint density at radius 2 is 2.05 bits per heavy atom. The van der Waals surface area contributed by atoms with Crippen molar-refractivity contribution in [3.05, 3.63) is 35.4 Å². The van der Waals surface area contributed by atoms with Crippen LogP contribution in [0.1, 0.15) is 61.9 Å². The van der Waals surface area contributed by atoms with Crippen LogP contribution in [-0.4, -0.2) is 12.0 Å². The van der Waals surface area contributed by atoms with E-state index < -0.39 is 0 Å². The van der Waals surface area contributed by atoms with Gasteiger partial charge in [0.05, 0.1) is 12.7 Å². The number of ether oxygens (including phenoxy) is 1. The summed E-state index contributed by atoms with van der Waals surface area (Å²) in [5.41, 5.74) is 3.61. The van der Waals surface area contributed by atoms with Gasteiger partial charge < -0.3 is 4.74 Å². The third kappa shape index (κ3) is 5.72. The van der Waals surface area contributed by atoms with Gasteiger partial charge >= 0.3 is 0 Å². The number of benzene rings is 1. The molecule has 0 spiro atoms. The van der Waals surface area contributed by atoms with Gasteiger partial charge in [-0.05, 0) is 25.0 Å². The van der Waals surface area contributed by atoms with Gasteiger partial charge in [0.15, 0.2) is 0 Å². The average Bonchev–Trinajstić information content (AvgIpc) is 2.49. The number of hydrogen-bond acceptors (Lipinski definition) is 3. The molecule has 0 aromatic heterocycles. The third-order valence-electron chi connectivity index (χ3n) is 3.38. The van der Waals surface area contributed by atoms with E-state index in [4.69, 9.17) is 10.6 Å². The first kappa shape index (κ1) is 16.7. The van der Waals surface area contributed by atoms with E-state index in [1.54, 1.807) is 6.07 Å². The van der Waals surface area contributed by atoms with Crippen molar-refractivity contribution in [1.82, 2.24) is 5.43 Å². The number of nitrogens with one attached hydrogen (secondary N) is 1. The molecular formula is C16H26N2O2. The Hall–Kier alpha value is -1.39. The van der Waals surface area contributed by atoms with Crippen molar-refractivity contribution in [3.63, 3.8) is 0 Å². The first-order chi connectivity index (χ1) is 9.69. The van der Waals surface area contributed by atoms with Gasteiger partial charge in [-0.25, -0.2) is 5.84 Å². The lowest BCUT2D eigenvalue weighted by Crippen LogP contribution is -2.31. The minimum atomic E-state index is -0.278. The molecule has 0 heterocycles. The van der Waals surface area contributed by atoms with E-state index in [2.05, 4.69) is 19.3 Å². The molecule has 20 heavy (non-hydrogen) atoms. The molecule has 112 valence electrons. The van der Waals surface area contributed by atoms with E-state index in [9.17, 15) is 4.79 Å². The molecule has 1 aromatic carbocycles. The lowest BCUT2D eigenvalue weighted by molar-refractivity contribution is 0.0452. The number of carbonyl (C=O) groups is 1. The second-order valence-electron chi connectivity index (χ2n) is 5.10. The Kier molecular flexibility index (Phi) is 7.92. The van der Waals surface area contributed by atoms with Crippen LogP contribution in [0, 0.1) is 0 Å². The Labute approximate surface area is 121 Å². The van der Waals surface area contributed by atoms with Crippen molar-refractivity contribution < 1.29 is 9.53 Å². The highest BCUT2D eigenvalue weighted by atomic mass is 16.5. The Morgan fingerprint density at radius 3 is 2.75 bits per heavy atom. The van der Waals surface area contributed by atoms with Gasteiger partial charge in [0.25, 0.3) is 5.91 Å². The molecule has 1 aromatic rings. The summed E-state index contributed by atoms with van der Waals surface area (Å²) in [7, 11) is 0. The van der Waals surface area contributed by atoms with Crippen LogP contribution in [0.15, 0.2) is 24.3 Å². The van der Waals surface area contributed by atoms with Crippen LogP contribution in [0.2, 0.25) is 0 Å². The van der Waals surface area contributed by atoms with Crippen molar-refractivity contribution in [2.24, 2.45) is 5.84 Å². The summed E-state index contributed by atoms with van der Waals surface area (Å²) in [5.74, 6) is 4.90. The standard InChI is InChI=1S/C16H26N2O2/c1-3-4-5-6-9-13(2)20-12-14-10-7-8-11-15(14)16(19)18-17/h7-8,10-11,13H,3-6,9,12,17H2,1-2H3,(H,18,19). The number of unbranched alkanes of at least 4 members (excludes halogenated alkanes) is 3. The Bertz CT molecular complexity index is 407. The number of carbonyl (C=O) groups excluding carboxylic acids is 1. The molecular weight excluding hydrogens is 252 g/mol. The lowest BCUT2D eigenvalue weighted by Gasteiger charge is -2.14. The predicted molar refractivity (Wildman–Crippen MR) is 81.1 cm³/mol. The molecule has 4 heteroatoms. The molecule has 0 aliphatic heterocycles. The summed E-state index contributed by atoms with van der Waals surface area (Å²) >= 11 is 0. The predicted octanol–water partition coefficient (Wildman–Crippen LogP) is 3.17. The summed E-state index contributed by atoms with van der Waals surface area (Å²) in [4.78, 5) is 11.6. The SMILES string of the molecule is CCCCCCC(C)OCc1ccccc1C(=O)NN. The molecule has 0 aliphatic carbocycles. The quantitative estimate of drug-likeness (QED) is 0.315. The van der Waals surface area contributed by atoms with Crippen LogP contribution in [0.4, 0.5) is 0 Å². The maximum Gasteiger partial charge on any atom is 0.265 e. The summed E-state index contributed by atoms with van der Waals surface area (Å²) in [6.07, 6.45) is 6.26. The molecule has 0 saturated carbocycles. The Balaban J connectivity index is 2.43. The number of hydrogen-bond donors (Lipinski definition) is 2. The fourth-order valence-corrected chi connectivity index (χ4v) is 2.12. The van der Waals surface area contributed by atoms with E-state index in [0.717, 1.165) is 12.0 Å². The molecule has 1 rings (SSSR count). The van der Waals surface area contributed by atoms with Crippen LogP contribution in [0.5, 0.6) is 0 Å². The van der Waals surface area contributed by atoms with E-state index >= 15 is 0 Å². The smallest absolute Gasteiger partial charge is 0.265 e. The molecule has 3 N–H and O–H groups in total. The van der Waals surface area contributed by atoms with Crippen LogP contribution < -0.4 is 11.3 Å². The summed E-state index contributed by atoms with van der Waals surface area (Å²) in [5, 5.41) is 0. The van der Waals surface area contributed by atoms with Crippen LogP contribution in [0.25, 0.3) is 0 Å². The van der Waals surface area contributed by atoms with E-state index in [1.165, 1.54) is 25.7 Å². The normalized spacial score (nSPS) is 12.2. The van der Waals surface area contributed by atoms with E-state index in [1.807, 2.05) is 18.2 Å². The van der Waals surface area contributed by atoms with Gasteiger partial charge in [-0.1, -0.05) is 50.8 Å². The topological polar surface area (TPSA) is 64.3 Å². The van der Waals surface area contributed by atoms with Gasteiger partial charge in [-0.2, -0.15) is 0 Å². The second-order valence-corrected chi connectivity index (χ2v) is 5.10. The highest BCUT2D eigenvalue weighted by molar-refractivity contribution is 5.95. The zero-order valence-corrected chi connectivity index (χ0v) is 12.5. The van der Waals surface area contributed by atoms with Crippen molar-refractivity contribution in [1.29, 1.82) is 0 Å². The molecule has 4 nitrogen and oxygen atoms in total. The number of amides is 1. The van der Waals surface area contributed by atoms with E-state index in [0.29, 0.717) is 12.2 Å². The zero-order chi connectivity index (χ0) is 14.8. The summed E-state index contributed by atoms with van der Waals surface area (Å²) in [6, 6.07) is 7.38. The molecule has 0 bridgehead atoms. The first-order valence-corrected chi connectivity index (χ1v) is 7.39.